The number of nitrogens with zero attached hydrogens (tertiary/aromatic N) is 5. The number of aromatic nitrogens is 3. The maximum Gasteiger partial charge on any atom is 0.266 e. The Hall–Kier alpha value is -4.41. The van der Waals surface area contributed by atoms with E-state index in [-0.39, 0.29) is 23.8 Å². The van der Waals surface area contributed by atoms with E-state index < -0.39 is 23.8 Å². The van der Waals surface area contributed by atoms with Crippen LogP contribution in [-0.4, -0.2) is 52.0 Å². The van der Waals surface area contributed by atoms with Gasteiger partial charge in [-0.05, 0) is 44.2 Å². The number of amides is 1. The molecule has 0 unspecified atom stereocenters. The molecule has 2 aromatic heterocycles. The lowest BCUT2D eigenvalue weighted by Gasteiger charge is -2.21. The number of hydrogen-bond acceptors (Lipinski definition) is 7. The maximum absolute atomic E-state index is 14.8. The normalized spacial score (nSPS) is 12.0. The zero-order valence-corrected chi connectivity index (χ0v) is 22.2. The molecule has 0 fully saturated rings. The van der Waals surface area contributed by atoms with Gasteiger partial charge in [0, 0.05) is 43.3 Å². The minimum Gasteiger partial charge on any atom is -0.493 e. The van der Waals surface area contributed by atoms with Gasteiger partial charge in [0.2, 0.25) is 11.8 Å². The molecule has 0 saturated carbocycles. The average Bonchev–Trinajstić information content (AvgIpc) is 2.88. The van der Waals surface area contributed by atoms with E-state index in [0.717, 1.165) is 6.07 Å². The number of alkyl halides is 2. The molecule has 8 nitrogen and oxygen atoms in total. The number of hydrogen-bond donors (Lipinski definition) is 2. The molecule has 0 aliphatic carbocycles. The molecule has 4 rings (SSSR count). The van der Waals surface area contributed by atoms with E-state index in [1.54, 1.807) is 58.1 Å². The van der Waals surface area contributed by atoms with Crippen molar-refractivity contribution >= 4 is 34.1 Å². The van der Waals surface area contributed by atoms with Crippen LogP contribution in [0.25, 0.3) is 10.9 Å². The first-order valence-electron chi connectivity index (χ1n) is 12.2. The predicted molar refractivity (Wildman–Crippen MR) is 144 cm³/mol. The third kappa shape index (κ3) is 5.87. The van der Waals surface area contributed by atoms with Crippen LogP contribution in [0.2, 0.25) is 0 Å². The van der Waals surface area contributed by atoms with Crippen molar-refractivity contribution in [2.24, 2.45) is 0 Å². The number of fused-ring (bicyclic) bond motifs is 1. The van der Waals surface area contributed by atoms with Gasteiger partial charge in [-0.2, -0.15) is 4.98 Å². The van der Waals surface area contributed by atoms with Crippen molar-refractivity contribution in [3.05, 3.63) is 76.9 Å². The number of rotatable bonds is 8. The third-order valence-electron chi connectivity index (χ3n) is 6.42. The Kier molecular flexibility index (Phi) is 7.89. The number of halogens is 3. The van der Waals surface area contributed by atoms with Crippen LogP contribution in [0.5, 0.6) is 5.88 Å². The number of aryl methyl sites for hydroxylation is 1. The Morgan fingerprint density at radius 1 is 1.03 bits per heavy atom. The summed E-state index contributed by atoms with van der Waals surface area (Å²) in [6.07, 6.45) is -2.90. The molecule has 0 aliphatic rings. The number of aromatic hydroxyl groups is 1. The van der Waals surface area contributed by atoms with Crippen LogP contribution in [0, 0.1) is 12.7 Å². The second-order valence-corrected chi connectivity index (χ2v) is 9.41. The summed E-state index contributed by atoms with van der Waals surface area (Å²) in [5.74, 6) is -0.0176. The van der Waals surface area contributed by atoms with Gasteiger partial charge in [0.1, 0.15) is 23.3 Å². The fraction of sp³-hybridized carbons (Fsp3) is 0.286. The second-order valence-electron chi connectivity index (χ2n) is 9.41. The van der Waals surface area contributed by atoms with Crippen LogP contribution in [0.4, 0.5) is 30.5 Å². The second kappa shape index (κ2) is 11.1. The van der Waals surface area contributed by atoms with Crippen LogP contribution in [-0.2, 0) is 11.2 Å². The van der Waals surface area contributed by atoms with Gasteiger partial charge >= 0.3 is 0 Å². The summed E-state index contributed by atoms with van der Waals surface area (Å²) in [5, 5.41) is 14.2. The van der Waals surface area contributed by atoms with E-state index in [1.165, 1.54) is 17.0 Å². The topological polar surface area (TPSA) is 94.5 Å². The molecule has 0 spiro atoms. The highest BCUT2D eigenvalue weighted by Gasteiger charge is 2.21. The number of nitrogens with one attached hydrogen (secondary N) is 1. The molecule has 0 bridgehead atoms. The average molecular weight is 539 g/mol. The molecule has 2 heterocycles. The van der Waals surface area contributed by atoms with E-state index in [4.69, 9.17) is 0 Å². The number of benzene rings is 2. The van der Waals surface area contributed by atoms with E-state index in [0.29, 0.717) is 39.6 Å². The summed E-state index contributed by atoms with van der Waals surface area (Å²) in [6.45, 7) is 3.39. The van der Waals surface area contributed by atoms with E-state index in [1.807, 2.05) is 12.1 Å². The Bertz CT molecular complexity index is 1530. The quantitative estimate of drug-likeness (QED) is 0.298. The summed E-state index contributed by atoms with van der Waals surface area (Å²) in [5.41, 5.74) is 1.18. The summed E-state index contributed by atoms with van der Waals surface area (Å²) in [7, 11) is 5.05. The van der Waals surface area contributed by atoms with Crippen molar-refractivity contribution in [2.75, 3.05) is 31.4 Å². The zero-order chi connectivity index (χ0) is 28.4. The molecule has 1 atom stereocenters. The molecule has 204 valence electrons. The molecule has 2 N–H and O–H groups in total. The van der Waals surface area contributed by atoms with Gasteiger partial charge in [-0.15, -0.1) is 0 Å². The van der Waals surface area contributed by atoms with Crippen molar-refractivity contribution in [1.29, 1.82) is 0 Å². The van der Waals surface area contributed by atoms with E-state index >= 15 is 0 Å². The third-order valence-corrected chi connectivity index (χ3v) is 6.42. The Morgan fingerprint density at radius 2 is 1.74 bits per heavy atom. The fourth-order valence-electron chi connectivity index (χ4n) is 4.15. The van der Waals surface area contributed by atoms with Crippen molar-refractivity contribution in [3.63, 3.8) is 0 Å². The SMILES string of the molecule is Cc1nc(N[C@H](C)c2cccc(C(F)F)c2F)c2cc(N(C)c3ccc(CC(=O)N(C)C)c(O)n3)ccc2n1. The molecule has 0 saturated heterocycles. The lowest BCUT2D eigenvalue weighted by molar-refractivity contribution is -0.128. The number of likely N-dealkylation sites (N-methyl/N-ethyl adjacent to an activating group) is 1. The number of carbonyl (C=O) groups excluding carboxylic acids is 1. The fourth-order valence-corrected chi connectivity index (χ4v) is 4.15. The van der Waals surface area contributed by atoms with Gasteiger partial charge in [0.25, 0.3) is 6.43 Å². The summed E-state index contributed by atoms with van der Waals surface area (Å²) >= 11 is 0. The van der Waals surface area contributed by atoms with Crippen LogP contribution < -0.4 is 10.2 Å². The largest absolute Gasteiger partial charge is 0.493 e. The molecule has 4 aromatic rings. The van der Waals surface area contributed by atoms with Crippen LogP contribution in [0.1, 0.15) is 41.9 Å². The summed E-state index contributed by atoms with van der Waals surface area (Å²) < 4.78 is 41.3. The Balaban J connectivity index is 1.66. The monoisotopic (exact) mass is 538 g/mol. The number of pyridine rings is 1. The highest BCUT2D eigenvalue weighted by atomic mass is 19.3. The number of carbonyl (C=O) groups is 1. The molecule has 11 heteroatoms. The Morgan fingerprint density at radius 3 is 2.41 bits per heavy atom. The maximum atomic E-state index is 14.8. The molecule has 2 aromatic carbocycles. The van der Waals surface area contributed by atoms with E-state index in [2.05, 4.69) is 20.3 Å². The standard InChI is InChI=1S/C28H29F3N6O2/c1-15(19-7-6-8-20(25(19)29)26(30)31)32-27-21-14-18(10-11-22(21)33-16(2)34-27)37(5)23-12-9-17(28(39)35-23)13-24(38)36(3)4/h6-12,14-15,26H,13H2,1-5H3,(H,35,39)(H,32,33,34)/t15-/m1/s1. The highest BCUT2D eigenvalue weighted by Crippen LogP contribution is 2.33. The molecule has 0 radical (unpaired) electrons. The minimum absolute atomic E-state index is 0.0243. The van der Waals surface area contributed by atoms with Crippen LogP contribution >= 0.6 is 0 Å². The summed E-state index contributed by atoms with van der Waals surface area (Å²) in [6, 6.07) is 12.1. The first-order chi connectivity index (χ1) is 18.5. The van der Waals surface area contributed by atoms with Gasteiger partial charge in [0.15, 0.2) is 0 Å². The van der Waals surface area contributed by atoms with Crippen LogP contribution in [0.15, 0.2) is 48.5 Å². The first-order valence-corrected chi connectivity index (χ1v) is 12.2. The smallest absolute Gasteiger partial charge is 0.266 e. The number of anilines is 3. The highest BCUT2D eigenvalue weighted by molar-refractivity contribution is 5.92. The molecular formula is C28H29F3N6O2. The van der Waals surface area contributed by atoms with Gasteiger partial charge in [-0.3, -0.25) is 4.79 Å². The van der Waals surface area contributed by atoms with Crippen LogP contribution in [0.3, 0.4) is 0 Å². The van der Waals surface area contributed by atoms with Gasteiger partial charge in [-0.25, -0.2) is 23.1 Å². The van der Waals surface area contributed by atoms with Crippen molar-refractivity contribution in [3.8, 4) is 5.88 Å². The van der Waals surface area contributed by atoms with Crippen molar-refractivity contribution in [1.82, 2.24) is 19.9 Å². The molecule has 0 aliphatic heterocycles. The summed E-state index contributed by atoms with van der Waals surface area (Å²) in [4.78, 5) is 28.4. The molecular weight excluding hydrogens is 509 g/mol. The zero-order valence-electron chi connectivity index (χ0n) is 22.2. The van der Waals surface area contributed by atoms with E-state index in [9.17, 15) is 23.1 Å². The minimum atomic E-state index is -2.92. The lowest BCUT2D eigenvalue weighted by atomic mass is 10.0. The van der Waals surface area contributed by atoms with Gasteiger partial charge < -0.3 is 20.2 Å². The van der Waals surface area contributed by atoms with Crippen molar-refractivity contribution in [2.45, 2.75) is 32.7 Å². The van der Waals surface area contributed by atoms with Gasteiger partial charge in [0.05, 0.1) is 23.5 Å². The molecule has 1 amide bonds. The van der Waals surface area contributed by atoms with Gasteiger partial charge in [-0.1, -0.05) is 18.2 Å². The first kappa shape index (κ1) is 27.6. The van der Waals surface area contributed by atoms with Crippen molar-refractivity contribution < 1.29 is 23.1 Å². The lowest BCUT2D eigenvalue weighted by Crippen LogP contribution is -2.23. The molecule has 39 heavy (non-hydrogen) atoms. The Labute approximate surface area is 224 Å². The predicted octanol–water partition coefficient (Wildman–Crippen LogP) is 5.69.